The number of rotatable bonds is 2. The number of anilines is 1. The molecule has 2 N–H and O–H groups in total. The average molecular weight is 349 g/mol. The Morgan fingerprint density at radius 3 is 2.92 bits per heavy atom. The minimum Gasteiger partial charge on any atom is -0.309 e. The van der Waals surface area contributed by atoms with Gasteiger partial charge >= 0.3 is 0 Å². The van der Waals surface area contributed by atoms with E-state index in [9.17, 15) is 9.18 Å². The molecule has 2 aromatic carbocycles. The summed E-state index contributed by atoms with van der Waals surface area (Å²) >= 11 is 0. The molecule has 4 aromatic rings. The Balaban J connectivity index is 1.74. The summed E-state index contributed by atoms with van der Waals surface area (Å²) in [5.74, 6) is -0.344. The molecule has 0 radical (unpaired) electrons. The average Bonchev–Trinajstić information content (AvgIpc) is 3.27. The first-order chi connectivity index (χ1) is 12.7. The van der Waals surface area contributed by atoms with Crippen molar-refractivity contribution in [3.8, 4) is 11.3 Å². The minimum absolute atomic E-state index is 0.145. The van der Waals surface area contributed by atoms with Gasteiger partial charge in [-0.3, -0.25) is 9.89 Å². The molecule has 0 spiro atoms. The van der Waals surface area contributed by atoms with E-state index in [-0.39, 0.29) is 24.1 Å². The molecule has 1 aliphatic heterocycles. The van der Waals surface area contributed by atoms with Gasteiger partial charge in [-0.15, -0.1) is 0 Å². The minimum atomic E-state index is -0.343. The van der Waals surface area contributed by atoms with Gasteiger partial charge in [0.25, 0.3) is 0 Å². The van der Waals surface area contributed by atoms with Crippen LogP contribution in [0.25, 0.3) is 22.3 Å². The number of fused-ring (bicyclic) bond motifs is 2. The molecule has 26 heavy (non-hydrogen) atoms. The van der Waals surface area contributed by atoms with Crippen LogP contribution in [-0.4, -0.2) is 26.4 Å². The predicted octanol–water partition coefficient (Wildman–Crippen LogP) is 3.23. The number of carbonyl (C=O) groups is 1. The molecule has 1 aliphatic rings. The second-order valence-corrected chi connectivity index (χ2v) is 6.16. The number of benzene rings is 2. The van der Waals surface area contributed by atoms with Gasteiger partial charge in [0.05, 0.1) is 5.69 Å². The van der Waals surface area contributed by atoms with E-state index in [0.717, 1.165) is 11.1 Å². The first-order valence-electron chi connectivity index (χ1n) is 8.06. The van der Waals surface area contributed by atoms with Gasteiger partial charge in [0.15, 0.2) is 5.82 Å². The number of halogens is 1. The molecule has 1 amide bonds. The first kappa shape index (κ1) is 14.8. The maximum Gasteiger partial charge on any atom is 0.226 e. The Morgan fingerprint density at radius 1 is 1.15 bits per heavy atom. The van der Waals surface area contributed by atoms with Crippen molar-refractivity contribution in [2.75, 3.05) is 5.32 Å². The zero-order valence-corrected chi connectivity index (χ0v) is 13.4. The third kappa shape index (κ3) is 2.19. The molecule has 0 aliphatic carbocycles. The zero-order valence-electron chi connectivity index (χ0n) is 13.4. The lowest BCUT2D eigenvalue weighted by atomic mass is 9.84. The van der Waals surface area contributed by atoms with Gasteiger partial charge in [-0.25, -0.2) is 9.02 Å². The van der Waals surface area contributed by atoms with Crippen molar-refractivity contribution in [2.24, 2.45) is 0 Å². The summed E-state index contributed by atoms with van der Waals surface area (Å²) in [5, 5.41) is 17.8. The summed E-state index contributed by atoms with van der Waals surface area (Å²) in [6.07, 6.45) is 0.223. The quantitative estimate of drug-likeness (QED) is 0.579. The van der Waals surface area contributed by atoms with Crippen LogP contribution in [0.1, 0.15) is 23.5 Å². The van der Waals surface area contributed by atoms with E-state index >= 15 is 0 Å². The van der Waals surface area contributed by atoms with Gasteiger partial charge in [-0.1, -0.05) is 24.3 Å². The van der Waals surface area contributed by atoms with Crippen LogP contribution in [0.2, 0.25) is 0 Å². The highest BCUT2D eigenvalue weighted by molar-refractivity contribution is 5.97. The molecule has 3 heterocycles. The second kappa shape index (κ2) is 5.48. The van der Waals surface area contributed by atoms with Crippen molar-refractivity contribution >= 4 is 22.8 Å². The lowest BCUT2D eigenvalue weighted by molar-refractivity contribution is -0.116. The number of H-pyrrole nitrogens is 1. The maximum atomic E-state index is 13.7. The van der Waals surface area contributed by atoms with E-state index < -0.39 is 0 Å². The van der Waals surface area contributed by atoms with Crippen LogP contribution in [0, 0.1) is 5.82 Å². The van der Waals surface area contributed by atoms with Gasteiger partial charge < -0.3 is 5.32 Å². The van der Waals surface area contributed by atoms with Gasteiger partial charge in [-0.05, 0) is 34.1 Å². The summed E-state index contributed by atoms with van der Waals surface area (Å²) in [5.41, 5.74) is 4.16. The van der Waals surface area contributed by atoms with Crippen molar-refractivity contribution in [3.05, 3.63) is 59.4 Å². The third-order valence-electron chi connectivity index (χ3n) is 4.61. The number of nitrogens with one attached hydrogen (secondary N) is 2. The molecule has 1 unspecified atom stereocenters. The van der Waals surface area contributed by atoms with Crippen molar-refractivity contribution < 1.29 is 13.8 Å². The SMILES string of the molecule is O=C1CC(c2cccc3nonc23)c2c(n[nH]c2-c2cccc(F)c2)N1. The second-order valence-electron chi connectivity index (χ2n) is 6.16. The number of amides is 1. The van der Waals surface area contributed by atoms with Gasteiger partial charge in [0.1, 0.15) is 16.9 Å². The maximum absolute atomic E-state index is 13.7. The molecule has 0 fully saturated rings. The molecule has 2 aromatic heterocycles. The Hall–Kier alpha value is -3.55. The number of aromatic amines is 1. The fourth-order valence-electron chi connectivity index (χ4n) is 3.49. The van der Waals surface area contributed by atoms with E-state index in [1.807, 2.05) is 12.1 Å². The Labute approximate surface area is 146 Å². The fraction of sp³-hybridized carbons (Fsp3) is 0.111. The van der Waals surface area contributed by atoms with Crippen LogP contribution in [0.3, 0.4) is 0 Å². The van der Waals surface area contributed by atoms with Gasteiger partial charge in [-0.2, -0.15) is 5.10 Å². The van der Waals surface area contributed by atoms with Crippen molar-refractivity contribution in [2.45, 2.75) is 12.3 Å². The van der Waals surface area contributed by atoms with E-state index in [4.69, 9.17) is 4.63 Å². The Kier molecular flexibility index (Phi) is 3.11. The molecule has 0 saturated carbocycles. The molecule has 8 heteroatoms. The highest BCUT2D eigenvalue weighted by atomic mass is 19.1. The van der Waals surface area contributed by atoms with E-state index in [0.29, 0.717) is 28.1 Å². The smallest absolute Gasteiger partial charge is 0.226 e. The van der Waals surface area contributed by atoms with E-state index in [1.54, 1.807) is 18.2 Å². The zero-order chi connectivity index (χ0) is 17.7. The van der Waals surface area contributed by atoms with Crippen LogP contribution in [-0.2, 0) is 4.79 Å². The van der Waals surface area contributed by atoms with Crippen LogP contribution in [0.5, 0.6) is 0 Å². The van der Waals surface area contributed by atoms with Crippen molar-refractivity contribution in [1.29, 1.82) is 0 Å². The summed E-state index contributed by atoms with van der Waals surface area (Å²) in [6.45, 7) is 0. The monoisotopic (exact) mass is 349 g/mol. The van der Waals surface area contributed by atoms with Crippen molar-refractivity contribution in [3.63, 3.8) is 0 Å². The summed E-state index contributed by atoms with van der Waals surface area (Å²) in [6, 6.07) is 11.8. The Bertz CT molecular complexity index is 1150. The highest BCUT2D eigenvalue weighted by Crippen LogP contribution is 2.43. The molecule has 128 valence electrons. The number of aromatic nitrogens is 4. The Morgan fingerprint density at radius 2 is 2.04 bits per heavy atom. The number of hydrogen-bond donors (Lipinski definition) is 2. The molecular formula is C18H12FN5O2. The molecular weight excluding hydrogens is 337 g/mol. The van der Waals surface area contributed by atoms with Gasteiger partial charge in [0.2, 0.25) is 5.91 Å². The summed E-state index contributed by atoms with van der Waals surface area (Å²) in [7, 11) is 0. The van der Waals surface area contributed by atoms with E-state index in [2.05, 4.69) is 25.8 Å². The van der Waals surface area contributed by atoms with Crippen LogP contribution in [0.15, 0.2) is 47.1 Å². The number of hydrogen-bond acceptors (Lipinski definition) is 5. The normalized spacial score (nSPS) is 16.5. The first-order valence-corrected chi connectivity index (χ1v) is 8.06. The van der Waals surface area contributed by atoms with Crippen LogP contribution in [0.4, 0.5) is 10.2 Å². The van der Waals surface area contributed by atoms with Gasteiger partial charge in [0, 0.05) is 23.5 Å². The molecule has 5 rings (SSSR count). The van der Waals surface area contributed by atoms with E-state index in [1.165, 1.54) is 12.1 Å². The van der Waals surface area contributed by atoms with Crippen LogP contribution < -0.4 is 5.32 Å². The molecule has 0 bridgehead atoms. The standard InChI is InChI=1S/C18H12FN5O2/c19-10-4-1-3-9(7-10)16-15-12(8-14(25)20-18(15)22-21-16)11-5-2-6-13-17(11)24-26-23-13/h1-7,12H,8H2,(H2,20,21,22,25). The molecule has 0 saturated heterocycles. The molecule has 1 atom stereocenters. The van der Waals surface area contributed by atoms with Crippen LogP contribution >= 0.6 is 0 Å². The lowest BCUT2D eigenvalue weighted by Crippen LogP contribution is -2.23. The van der Waals surface area contributed by atoms with Crippen molar-refractivity contribution in [1.82, 2.24) is 20.5 Å². The predicted molar refractivity (Wildman–Crippen MR) is 90.9 cm³/mol. The number of carbonyl (C=O) groups excluding carboxylic acids is 1. The summed E-state index contributed by atoms with van der Waals surface area (Å²) in [4.78, 5) is 12.2. The molecule has 7 nitrogen and oxygen atoms in total. The topological polar surface area (TPSA) is 96.7 Å². The largest absolute Gasteiger partial charge is 0.309 e. The fourth-order valence-corrected chi connectivity index (χ4v) is 3.49. The third-order valence-corrected chi connectivity index (χ3v) is 4.61. The summed E-state index contributed by atoms with van der Waals surface area (Å²) < 4.78 is 18.6. The lowest BCUT2D eigenvalue weighted by Gasteiger charge is -2.23. The number of nitrogens with zero attached hydrogens (tertiary/aromatic N) is 3. The highest BCUT2D eigenvalue weighted by Gasteiger charge is 2.33.